The third-order valence-electron chi connectivity index (χ3n) is 4.30. The Bertz CT molecular complexity index is 982. The zero-order valence-corrected chi connectivity index (χ0v) is 17.4. The first-order chi connectivity index (χ1) is 14.1. The monoisotopic (exact) mass is 412 g/mol. The molecule has 0 fully saturated rings. The molecule has 29 heavy (non-hydrogen) atoms. The van der Waals surface area contributed by atoms with Gasteiger partial charge in [-0.25, -0.2) is 9.78 Å². The molecule has 2 aromatic carbocycles. The number of nitrogens with zero attached hydrogens (tertiary/aromatic N) is 1. The Morgan fingerprint density at radius 2 is 1.90 bits per heavy atom. The maximum absolute atomic E-state index is 12.2. The number of hydrogen-bond donors (Lipinski definition) is 1. The van der Waals surface area contributed by atoms with Crippen LogP contribution in [0.4, 0.5) is 5.13 Å². The molecule has 6 nitrogen and oxygen atoms in total. The highest BCUT2D eigenvalue weighted by atomic mass is 32.1. The lowest BCUT2D eigenvalue weighted by Crippen LogP contribution is -2.19. The molecule has 3 aromatic rings. The van der Waals surface area contributed by atoms with Gasteiger partial charge in [-0.1, -0.05) is 43.7 Å². The van der Waals surface area contributed by atoms with Crippen LogP contribution < -0.4 is 10.1 Å². The number of ether oxygens (including phenoxy) is 2. The highest BCUT2D eigenvalue weighted by Gasteiger charge is 2.12. The Morgan fingerprint density at radius 1 is 1.10 bits per heavy atom. The second kappa shape index (κ2) is 10.0. The molecule has 1 aromatic heterocycles. The lowest BCUT2D eigenvalue weighted by Gasteiger charge is -2.06. The first kappa shape index (κ1) is 20.8. The van der Waals surface area contributed by atoms with E-state index >= 15 is 0 Å². The summed E-state index contributed by atoms with van der Waals surface area (Å²) in [7, 11) is 0. The third kappa shape index (κ3) is 5.77. The molecule has 0 bridgehead atoms. The zero-order valence-electron chi connectivity index (χ0n) is 16.6. The number of rotatable bonds is 9. The largest absolute Gasteiger partial charge is 0.484 e. The molecule has 1 N–H and O–H groups in total. The van der Waals surface area contributed by atoms with Gasteiger partial charge >= 0.3 is 5.97 Å². The summed E-state index contributed by atoms with van der Waals surface area (Å²) >= 11 is 1.31. The number of hydrogen-bond acceptors (Lipinski definition) is 6. The Balaban J connectivity index is 1.57. The summed E-state index contributed by atoms with van der Waals surface area (Å²) in [4.78, 5) is 28.6. The van der Waals surface area contributed by atoms with Gasteiger partial charge in [-0.15, -0.1) is 0 Å². The zero-order chi connectivity index (χ0) is 20.6. The molecule has 0 radical (unpaired) electrons. The van der Waals surface area contributed by atoms with Crippen LogP contribution in [0.25, 0.3) is 10.2 Å². The number of benzene rings is 2. The maximum atomic E-state index is 12.2. The molecule has 0 spiro atoms. The molecular formula is C22H24N2O4S. The lowest BCUT2D eigenvalue weighted by molar-refractivity contribution is -0.118. The molecule has 0 atom stereocenters. The van der Waals surface area contributed by atoms with Crippen LogP contribution >= 0.6 is 11.3 Å². The molecule has 3 rings (SSSR count). The van der Waals surface area contributed by atoms with E-state index in [1.807, 2.05) is 31.2 Å². The minimum absolute atomic E-state index is 0.101. The highest BCUT2D eigenvalue weighted by Crippen LogP contribution is 2.27. The predicted molar refractivity (Wildman–Crippen MR) is 115 cm³/mol. The van der Waals surface area contributed by atoms with Gasteiger partial charge in [0.15, 0.2) is 11.7 Å². The van der Waals surface area contributed by atoms with Crippen molar-refractivity contribution < 1.29 is 19.1 Å². The van der Waals surface area contributed by atoms with E-state index < -0.39 is 0 Å². The van der Waals surface area contributed by atoms with E-state index in [1.165, 1.54) is 16.9 Å². The molecular weight excluding hydrogens is 388 g/mol. The number of carbonyl (C=O) groups excluding carboxylic acids is 2. The Labute approximate surface area is 173 Å². The van der Waals surface area contributed by atoms with Gasteiger partial charge in [0.1, 0.15) is 5.75 Å². The number of nitrogens with one attached hydrogen (secondary N) is 1. The molecule has 0 saturated carbocycles. The van der Waals surface area contributed by atoms with Crippen molar-refractivity contribution >= 4 is 38.6 Å². The molecule has 0 aliphatic carbocycles. The van der Waals surface area contributed by atoms with Crippen molar-refractivity contribution in [1.29, 1.82) is 0 Å². The molecule has 1 heterocycles. The predicted octanol–water partition coefficient (Wildman–Crippen LogP) is 4.83. The number of aromatic nitrogens is 1. The Kier molecular flexibility index (Phi) is 7.19. The number of unbranched alkanes of at least 4 members (excludes halogenated alkanes) is 1. The molecule has 1 amide bonds. The van der Waals surface area contributed by atoms with E-state index in [-0.39, 0.29) is 18.5 Å². The minimum Gasteiger partial charge on any atom is -0.484 e. The highest BCUT2D eigenvalue weighted by molar-refractivity contribution is 7.22. The van der Waals surface area contributed by atoms with E-state index in [4.69, 9.17) is 9.47 Å². The second-order valence-electron chi connectivity index (χ2n) is 6.53. The quantitative estimate of drug-likeness (QED) is 0.402. The molecule has 0 aliphatic rings. The lowest BCUT2D eigenvalue weighted by atomic mass is 10.2. The van der Waals surface area contributed by atoms with Crippen LogP contribution in [0, 0.1) is 0 Å². The van der Waals surface area contributed by atoms with Gasteiger partial charge < -0.3 is 9.47 Å². The van der Waals surface area contributed by atoms with E-state index in [1.54, 1.807) is 18.2 Å². The first-order valence-electron chi connectivity index (χ1n) is 9.68. The van der Waals surface area contributed by atoms with Gasteiger partial charge in [0, 0.05) is 0 Å². The molecule has 0 saturated heterocycles. The maximum Gasteiger partial charge on any atom is 0.338 e. The normalized spacial score (nSPS) is 10.7. The van der Waals surface area contributed by atoms with Crippen LogP contribution in [0.1, 0.15) is 42.6 Å². The van der Waals surface area contributed by atoms with Crippen LogP contribution in [0.15, 0.2) is 42.5 Å². The number of amides is 1. The molecule has 0 unspecified atom stereocenters. The van der Waals surface area contributed by atoms with E-state index in [0.29, 0.717) is 28.6 Å². The third-order valence-corrected chi connectivity index (χ3v) is 5.24. The van der Waals surface area contributed by atoms with Crippen LogP contribution in [-0.2, 0) is 16.0 Å². The van der Waals surface area contributed by atoms with Crippen molar-refractivity contribution in [3.05, 3.63) is 53.6 Å². The summed E-state index contributed by atoms with van der Waals surface area (Å²) < 4.78 is 11.6. The Hall–Kier alpha value is -2.93. The van der Waals surface area contributed by atoms with Gasteiger partial charge in [0.25, 0.3) is 5.91 Å². The summed E-state index contributed by atoms with van der Waals surface area (Å²) in [6.07, 6.45) is 2.77. The van der Waals surface area contributed by atoms with Crippen molar-refractivity contribution in [3.63, 3.8) is 0 Å². The van der Waals surface area contributed by atoms with E-state index in [0.717, 1.165) is 24.0 Å². The molecule has 0 aliphatic heterocycles. The van der Waals surface area contributed by atoms with E-state index in [2.05, 4.69) is 17.2 Å². The number of fused-ring (bicyclic) bond motifs is 1. The van der Waals surface area contributed by atoms with Crippen LogP contribution in [-0.4, -0.2) is 30.1 Å². The van der Waals surface area contributed by atoms with Crippen molar-refractivity contribution in [3.8, 4) is 5.75 Å². The summed E-state index contributed by atoms with van der Waals surface area (Å²) in [5, 5.41) is 3.21. The van der Waals surface area contributed by atoms with Crippen molar-refractivity contribution in [2.75, 3.05) is 18.5 Å². The number of anilines is 1. The van der Waals surface area contributed by atoms with Crippen molar-refractivity contribution in [2.24, 2.45) is 0 Å². The van der Waals surface area contributed by atoms with Gasteiger partial charge in [0.2, 0.25) is 0 Å². The number of carbonyl (C=O) groups is 2. The second-order valence-corrected chi connectivity index (χ2v) is 7.56. The van der Waals surface area contributed by atoms with Crippen molar-refractivity contribution in [2.45, 2.75) is 33.1 Å². The summed E-state index contributed by atoms with van der Waals surface area (Å²) in [5.41, 5.74) is 2.41. The number of aryl methyl sites for hydroxylation is 1. The van der Waals surface area contributed by atoms with E-state index in [9.17, 15) is 9.59 Å². The fourth-order valence-corrected chi connectivity index (χ4v) is 3.54. The fourth-order valence-electron chi connectivity index (χ4n) is 2.62. The minimum atomic E-state index is -0.346. The first-order valence-corrected chi connectivity index (χ1v) is 10.5. The molecule has 7 heteroatoms. The molecule has 152 valence electrons. The standard InChI is InChI=1S/C22H24N2O4S/c1-3-5-12-27-21(26)16-8-11-18-19(13-16)29-22(23-18)24-20(25)14-28-17-9-6-15(4-2)7-10-17/h6-11,13H,3-5,12,14H2,1-2H3,(H,23,24,25). The summed E-state index contributed by atoms with van der Waals surface area (Å²) in [5.74, 6) is 0.0116. The van der Waals surface area contributed by atoms with Gasteiger partial charge in [0.05, 0.1) is 22.4 Å². The van der Waals surface area contributed by atoms with Crippen LogP contribution in [0.5, 0.6) is 5.75 Å². The summed E-state index contributed by atoms with van der Waals surface area (Å²) in [6.45, 7) is 4.44. The topological polar surface area (TPSA) is 77.5 Å². The fraction of sp³-hybridized carbons (Fsp3) is 0.318. The van der Waals surface area contributed by atoms with Gasteiger partial charge in [-0.05, 0) is 48.7 Å². The average Bonchev–Trinajstić information content (AvgIpc) is 3.14. The SMILES string of the molecule is CCCCOC(=O)c1ccc2nc(NC(=O)COc3ccc(CC)cc3)sc2c1. The number of esters is 1. The van der Waals surface area contributed by atoms with Gasteiger partial charge in [-0.3, -0.25) is 10.1 Å². The van der Waals surface area contributed by atoms with Crippen LogP contribution in [0.2, 0.25) is 0 Å². The average molecular weight is 413 g/mol. The summed E-state index contributed by atoms with van der Waals surface area (Å²) in [6, 6.07) is 12.8. The van der Waals surface area contributed by atoms with Crippen LogP contribution in [0.3, 0.4) is 0 Å². The van der Waals surface area contributed by atoms with Gasteiger partial charge in [-0.2, -0.15) is 0 Å². The Morgan fingerprint density at radius 3 is 2.62 bits per heavy atom. The number of thiazole rings is 1. The smallest absolute Gasteiger partial charge is 0.338 e. The van der Waals surface area contributed by atoms with Crippen molar-refractivity contribution in [1.82, 2.24) is 4.98 Å².